The fraction of sp³-hybridized carbons (Fsp3) is 0.462. The van der Waals surface area contributed by atoms with Crippen molar-refractivity contribution in [3.63, 3.8) is 0 Å². The van der Waals surface area contributed by atoms with E-state index in [-0.39, 0.29) is 17.7 Å². The quantitative estimate of drug-likeness (QED) is 0.491. The molecule has 186 valence electrons. The second-order valence-corrected chi connectivity index (χ2v) is 9.75. The van der Waals surface area contributed by atoms with Crippen LogP contribution in [0.4, 0.5) is 15.8 Å². The van der Waals surface area contributed by atoms with Crippen LogP contribution in [0.5, 0.6) is 0 Å². The second kappa shape index (κ2) is 9.56. The Bertz CT molecular complexity index is 1180. The van der Waals surface area contributed by atoms with Gasteiger partial charge in [-0.15, -0.1) is 0 Å². The molecule has 0 spiro atoms. The van der Waals surface area contributed by atoms with Gasteiger partial charge >= 0.3 is 0 Å². The summed E-state index contributed by atoms with van der Waals surface area (Å²) in [5.41, 5.74) is 4.51. The number of hydrogen-bond donors (Lipinski definition) is 4. The van der Waals surface area contributed by atoms with E-state index >= 15 is 0 Å². The second-order valence-electron chi connectivity index (χ2n) is 9.75. The summed E-state index contributed by atoms with van der Waals surface area (Å²) in [6.45, 7) is 6.98. The van der Waals surface area contributed by atoms with Gasteiger partial charge in [-0.2, -0.15) is 0 Å². The van der Waals surface area contributed by atoms with Crippen molar-refractivity contribution < 1.29 is 19.1 Å². The van der Waals surface area contributed by atoms with Gasteiger partial charge in [0.1, 0.15) is 5.82 Å². The number of aromatic amines is 1. The summed E-state index contributed by atoms with van der Waals surface area (Å²) in [6, 6.07) is 4.22. The van der Waals surface area contributed by atoms with Crippen LogP contribution < -0.4 is 10.6 Å². The van der Waals surface area contributed by atoms with E-state index in [2.05, 4.69) is 25.4 Å². The topological polar surface area (TPSA) is 101 Å². The van der Waals surface area contributed by atoms with E-state index in [1.165, 1.54) is 12.1 Å². The van der Waals surface area contributed by atoms with Crippen molar-refractivity contribution in [2.75, 3.05) is 36.8 Å². The molecule has 2 saturated heterocycles. The predicted molar refractivity (Wildman–Crippen MR) is 133 cm³/mol. The SMILES string of the molecule is Cc1[nH]c(/C=C2\C(=O)Nc3ccc(F)cc32)c(C)c1NC(=O)C1CCN(C(O)N2CCCC2)CC1. The molecule has 5 rings (SSSR count). The lowest BCUT2D eigenvalue weighted by atomic mass is 9.95. The molecule has 1 aromatic heterocycles. The number of hydrogen-bond acceptors (Lipinski definition) is 5. The molecule has 1 unspecified atom stereocenters. The molecule has 9 heteroatoms. The number of aliphatic hydroxyl groups excluding tert-OH is 1. The van der Waals surface area contributed by atoms with Crippen LogP contribution in [0.15, 0.2) is 18.2 Å². The largest absolute Gasteiger partial charge is 0.365 e. The zero-order chi connectivity index (χ0) is 24.7. The fourth-order valence-electron chi connectivity index (χ4n) is 5.38. The van der Waals surface area contributed by atoms with Crippen LogP contribution in [0.25, 0.3) is 11.6 Å². The van der Waals surface area contributed by atoms with E-state index in [1.807, 2.05) is 13.8 Å². The molecule has 3 aliphatic heterocycles. The number of aromatic nitrogens is 1. The summed E-state index contributed by atoms with van der Waals surface area (Å²) in [5.74, 6) is -0.845. The third-order valence-corrected chi connectivity index (χ3v) is 7.47. The number of aliphatic hydroxyl groups is 1. The molecule has 35 heavy (non-hydrogen) atoms. The molecular formula is C26H32FN5O3. The summed E-state index contributed by atoms with van der Waals surface area (Å²) < 4.78 is 13.8. The molecule has 0 bridgehead atoms. The number of H-pyrrole nitrogens is 1. The van der Waals surface area contributed by atoms with Gasteiger partial charge in [0, 0.05) is 54.7 Å². The Labute approximate surface area is 204 Å². The Morgan fingerprint density at radius 1 is 1.17 bits per heavy atom. The minimum absolute atomic E-state index is 0.0317. The van der Waals surface area contributed by atoms with E-state index in [1.54, 1.807) is 12.1 Å². The first-order valence-corrected chi connectivity index (χ1v) is 12.3. The summed E-state index contributed by atoms with van der Waals surface area (Å²) in [7, 11) is 0. The molecule has 0 radical (unpaired) electrons. The Morgan fingerprint density at radius 2 is 1.86 bits per heavy atom. The molecule has 2 amide bonds. The third kappa shape index (κ3) is 4.63. The van der Waals surface area contributed by atoms with Gasteiger partial charge in [-0.1, -0.05) is 0 Å². The molecule has 2 fully saturated rings. The molecule has 8 nitrogen and oxygen atoms in total. The molecule has 1 aromatic carbocycles. The number of fused-ring (bicyclic) bond motifs is 1. The van der Waals surface area contributed by atoms with Crippen molar-refractivity contribution in [1.29, 1.82) is 0 Å². The first-order valence-electron chi connectivity index (χ1n) is 12.3. The Balaban J connectivity index is 1.26. The van der Waals surface area contributed by atoms with Crippen LogP contribution in [-0.4, -0.2) is 64.2 Å². The Morgan fingerprint density at radius 3 is 2.57 bits per heavy atom. The van der Waals surface area contributed by atoms with Crippen LogP contribution in [0.2, 0.25) is 0 Å². The number of benzene rings is 1. The standard InChI is InChI=1S/C26H32FN5O3/c1-15-22(14-20-19-13-18(27)5-6-21(19)29-25(20)34)28-16(2)23(15)30-24(33)17-7-11-32(12-8-17)26(35)31-9-3-4-10-31/h5-6,13-14,17,26,28,35H,3-4,7-12H2,1-2H3,(H,29,34)(H,30,33)/b20-14-. The van der Waals surface area contributed by atoms with E-state index in [4.69, 9.17) is 0 Å². The van der Waals surface area contributed by atoms with Crippen LogP contribution in [0.1, 0.15) is 48.2 Å². The number of anilines is 2. The number of halogens is 1. The first-order chi connectivity index (χ1) is 16.8. The number of likely N-dealkylation sites (tertiary alicyclic amines) is 2. The number of amides is 2. The van der Waals surface area contributed by atoms with Crippen LogP contribution >= 0.6 is 0 Å². The lowest BCUT2D eigenvalue weighted by Gasteiger charge is -2.38. The van der Waals surface area contributed by atoms with Gasteiger partial charge in [0.25, 0.3) is 5.91 Å². The van der Waals surface area contributed by atoms with Gasteiger partial charge in [0.15, 0.2) is 6.35 Å². The van der Waals surface area contributed by atoms with Crippen molar-refractivity contribution >= 4 is 34.8 Å². The zero-order valence-electron chi connectivity index (χ0n) is 20.2. The van der Waals surface area contributed by atoms with Gasteiger partial charge in [-0.3, -0.25) is 19.4 Å². The molecule has 1 atom stereocenters. The number of nitrogens with zero attached hydrogens (tertiary/aromatic N) is 2. The van der Waals surface area contributed by atoms with Crippen molar-refractivity contribution in [2.24, 2.45) is 5.92 Å². The van der Waals surface area contributed by atoms with Crippen molar-refractivity contribution in [3.05, 3.63) is 46.5 Å². The van der Waals surface area contributed by atoms with Crippen molar-refractivity contribution in [2.45, 2.75) is 45.9 Å². The molecule has 0 saturated carbocycles. The number of piperidine rings is 1. The number of nitrogens with one attached hydrogen (secondary N) is 3. The number of carbonyl (C=O) groups is 2. The lowest BCUT2D eigenvalue weighted by molar-refractivity contribution is -0.130. The minimum Gasteiger partial charge on any atom is -0.365 e. The highest BCUT2D eigenvalue weighted by Gasteiger charge is 2.32. The molecule has 2 aromatic rings. The molecule has 0 aliphatic carbocycles. The van der Waals surface area contributed by atoms with Crippen molar-refractivity contribution in [3.8, 4) is 0 Å². The van der Waals surface area contributed by atoms with E-state index in [0.717, 1.165) is 37.2 Å². The summed E-state index contributed by atoms with van der Waals surface area (Å²) in [6.07, 6.45) is 4.78. The van der Waals surface area contributed by atoms with Gasteiger partial charge < -0.3 is 20.7 Å². The molecule has 4 heterocycles. The van der Waals surface area contributed by atoms with Crippen LogP contribution in [0, 0.1) is 25.6 Å². The highest BCUT2D eigenvalue weighted by atomic mass is 19.1. The van der Waals surface area contributed by atoms with E-state index < -0.39 is 12.2 Å². The lowest BCUT2D eigenvalue weighted by Crippen LogP contribution is -2.51. The monoisotopic (exact) mass is 481 g/mol. The van der Waals surface area contributed by atoms with E-state index in [9.17, 15) is 19.1 Å². The third-order valence-electron chi connectivity index (χ3n) is 7.47. The normalized spacial score (nSPS) is 21.4. The van der Waals surface area contributed by atoms with Gasteiger partial charge in [0.2, 0.25) is 5.91 Å². The van der Waals surface area contributed by atoms with Gasteiger partial charge in [0.05, 0.1) is 11.3 Å². The van der Waals surface area contributed by atoms with Crippen LogP contribution in [-0.2, 0) is 9.59 Å². The smallest absolute Gasteiger partial charge is 0.256 e. The summed E-state index contributed by atoms with van der Waals surface area (Å²) in [4.78, 5) is 33.0. The van der Waals surface area contributed by atoms with E-state index in [0.29, 0.717) is 54.1 Å². The molecule has 4 N–H and O–H groups in total. The Hall–Kier alpha value is -3.01. The maximum Gasteiger partial charge on any atom is 0.256 e. The average Bonchev–Trinajstić information content (AvgIpc) is 3.55. The minimum atomic E-state index is -0.558. The average molecular weight is 482 g/mol. The maximum absolute atomic E-state index is 13.8. The number of rotatable bonds is 5. The van der Waals surface area contributed by atoms with Crippen LogP contribution in [0.3, 0.4) is 0 Å². The van der Waals surface area contributed by atoms with Gasteiger partial charge in [-0.05, 0) is 69.4 Å². The van der Waals surface area contributed by atoms with Crippen molar-refractivity contribution in [1.82, 2.24) is 14.8 Å². The number of carbonyl (C=O) groups excluding carboxylic acids is 2. The first kappa shape index (κ1) is 23.7. The fourth-order valence-corrected chi connectivity index (χ4v) is 5.38. The molecular weight excluding hydrogens is 449 g/mol. The zero-order valence-corrected chi connectivity index (χ0v) is 20.2. The highest BCUT2D eigenvalue weighted by Crippen LogP contribution is 2.35. The number of aryl methyl sites for hydroxylation is 1. The summed E-state index contributed by atoms with van der Waals surface area (Å²) >= 11 is 0. The maximum atomic E-state index is 13.8. The summed E-state index contributed by atoms with van der Waals surface area (Å²) in [5, 5.41) is 16.5. The predicted octanol–water partition coefficient (Wildman–Crippen LogP) is 3.29. The highest BCUT2D eigenvalue weighted by molar-refractivity contribution is 6.34. The molecule has 3 aliphatic rings. The Kier molecular flexibility index (Phi) is 6.48. The van der Waals surface area contributed by atoms with Gasteiger partial charge in [-0.25, -0.2) is 4.39 Å².